The third kappa shape index (κ3) is 2.36. The van der Waals surface area contributed by atoms with E-state index in [-0.39, 0.29) is 11.5 Å². The largest absolute Gasteiger partial charge is 0.321 e. The van der Waals surface area contributed by atoms with Gasteiger partial charge in [-0.2, -0.15) is 4.39 Å². The number of fused-ring (bicyclic) bond motifs is 1. The van der Waals surface area contributed by atoms with Crippen molar-refractivity contribution in [1.29, 1.82) is 0 Å². The Labute approximate surface area is 115 Å². The monoisotopic (exact) mass is 266 g/mol. The molecule has 0 aliphatic carbocycles. The van der Waals surface area contributed by atoms with Crippen LogP contribution in [0.15, 0.2) is 60.8 Å². The van der Waals surface area contributed by atoms with Gasteiger partial charge >= 0.3 is 0 Å². The summed E-state index contributed by atoms with van der Waals surface area (Å²) in [7, 11) is 0. The van der Waals surface area contributed by atoms with Gasteiger partial charge in [-0.05, 0) is 17.5 Å². The van der Waals surface area contributed by atoms with Crippen molar-refractivity contribution in [2.75, 3.05) is 5.32 Å². The molecule has 0 atom stereocenters. The summed E-state index contributed by atoms with van der Waals surface area (Å²) < 4.78 is 13.0. The average molecular weight is 266 g/mol. The molecule has 0 radical (unpaired) electrons. The molecule has 3 rings (SSSR count). The van der Waals surface area contributed by atoms with E-state index in [2.05, 4.69) is 10.3 Å². The van der Waals surface area contributed by atoms with Crippen LogP contribution in [-0.2, 0) is 0 Å². The SMILES string of the molecule is O=C(Nc1cccc2ccccc12)c1ccnc(F)c1. The number of pyridine rings is 1. The standard InChI is InChI=1S/C16H11FN2O/c17-15-10-12(8-9-18-15)16(20)19-14-7-3-5-11-4-1-2-6-13(11)14/h1-10H,(H,19,20). The van der Waals surface area contributed by atoms with E-state index in [1.54, 1.807) is 0 Å². The first kappa shape index (κ1) is 12.3. The van der Waals surface area contributed by atoms with Gasteiger partial charge in [0, 0.05) is 28.9 Å². The third-order valence-electron chi connectivity index (χ3n) is 3.03. The van der Waals surface area contributed by atoms with Crippen LogP contribution in [0.4, 0.5) is 10.1 Å². The van der Waals surface area contributed by atoms with Gasteiger partial charge in [0.05, 0.1) is 0 Å². The predicted molar refractivity (Wildman–Crippen MR) is 76.1 cm³/mol. The zero-order valence-corrected chi connectivity index (χ0v) is 10.5. The lowest BCUT2D eigenvalue weighted by atomic mass is 10.1. The lowest BCUT2D eigenvalue weighted by molar-refractivity contribution is 0.102. The summed E-state index contributed by atoms with van der Waals surface area (Å²) in [5.74, 6) is -1.03. The van der Waals surface area contributed by atoms with Gasteiger partial charge in [-0.25, -0.2) is 4.98 Å². The van der Waals surface area contributed by atoms with Crippen molar-refractivity contribution in [2.24, 2.45) is 0 Å². The number of carbonyl (C=O) groups is 1. The summed E-state index contributed by atoms with van der Waals surface area (Å²) in [4.78, 5) is 15.5. The quantitative estimate of drug-likeness (QED) is 0.720. The fourth-order valence-electron chi connectivity index (χ4n) is 2.07. The van der Waals surface area contributed by atoms with Crippen LogP contribution in [0.5, 0.6) is 0 Å². The lowest BCUT2D eigenvalue weighted by Crippen LogP contribution is -2.12. The topological polar surface area (TPSA) is 42.0 Å². The van der Waals surface area contributed by atoms with Gasteiger partial charge in [0.15, 0.2) is 0 Å². The van der Waals surface area contributed by atoms with E-state index in [4.69, 9.17) is 0 Å². The summed E-state index contributed by atoms with van der Waals surface area (Å²) in [6, 6.07) is 16.0. The third-order valence-corrected chi connectivity index (χ3v) is 3.03. The van der Waals surface area contributed by atoms with E-state index in [1.807, 2.05) is 42.5 Å². The van der Waals surface area contributed by atoms with Gasteiger partial charge in [0.2, 0.25) is 5.95 Å². The maximum absolute atomic E-state index is 13.0. The van der Waals surface area contributed by atoms with Crippen LogP contribution >= 0.6 is 0 Å². The first-order valence-corrected chi connectivity index (χ1v) is 6.15. The Hall–Kier alpha value is -2.75. The minimum absolute atomic E-state index is 0.241. The van der Waals surface area contributed by atoms with Crippen molar-refractivity contribution < 1.29 is 9.18 Å². The number of halogens is 1. The molecule has 1 heterocycles. The van der Waals surface area contributed by atoms with E-state index in [0.717, 1.165) is 16.8 Å². The number of anilines is 1. The second-order valence-electron chi connectivity index (χ2n) is 4.35. The molecule has 0 saturated carbocycles. The zero-order valence-electron chi connectivity index (χ0n) is 10.5. The Kier molecular flexibility index (Phi) is 3.13. The zero-order chi connectivity index (χ0) is 13.9. The molecular weight excluding hydrogens is 255 g/mol. The van der Waals surface area contributed by atoms with Crippen LogP contribution < -0.4 is 5.32 Å². The van der Waals surface area contributed by atoms with Gasteiger partial charge in [-0.15, -0.1) is 0 Å². The normalized spacial score (nSPS) is 10.4. The second kappa shape index (κ2) is 5.09. The molecule has 0 saturated heterocycles. The fourth-order valence-corrected chi connectivity index (χ4v) is 2.07. The molecule has 98 valence electrons. The number of benzene rings is 2. The highest BCUT2D eigenvalue weighted by atomic mass is 19.1. The first-order chi connectivity index (χ1) is 9.74. The highest BCUT2D eigenvalue weighted by Gasteiger charge is 2.09. The average Bonchev–Trinajstić information content (AvgIpc) is 2.47. The lowest BCUT2D eigenvalue weighted by Gasteiger charge is -2.08. The highest BCUT2D eigenvalue weighted by molar-refractivity contribution is 6.09. The Morgan fingerprint density at radius 3 is 2.70 bits per heavy atom. The van der Waals surface area contributed by atoms with Crippen molar-refractivity contribution in [2.45, 2.75) is 0 Å². The van der Waals surface area contributed by atoms with E-state index >= 15 is 0 Å². The minimum Gasteiger partial charge on any atom is -0.321 e. The molecule has 3 nitrogen and oxygen atoms in total. The molecule has 0 unspecified atom stereocenters. The minimum atomic E-state index is -0.671. The molecule has 3 aromatic rings. The van der Waals surface area contributed by atoms with Gasteiger partial charge in [-0.1, -0.05) is 36.4 Å². The molecule has 1 amide bonds. The number of carbonyl (C=O) groups excluding carboxylic acids is 1. The van der Waals surface area contributed by atoms with Crippen molar-refractivity contribution in [3.8, 4) is 0 Å². The summed E-state index contributed by atoms with van der Waals surface area (Å²) in [6.45, 7) is 0. The molecule has 0 fully saturated rings. The number of amides is 1. The molecule has 0 spiro atoms. The molecule has 1 aromatic heterocycles. The van der Waals surface area contributed by atoms with Crippen LogP contribution in [0.3, 0.4) is 0 Å². The van der Waals surface area contributed by atoms with Gasteiger partial charge < -0.3 is 5.32 Å². The molecule has 0 bridgehead atoms. The molecular formula is C16H11FN2O. The molecule has 2 aromatic carbocycles. The van der Waals surface area contributed by atoms with Crippen molar-refractivity contribution in [3.63, 3.8) is 0 Å². The summed E-state index contributed by atoms with van der Waals surface area (Å²) >= 11 is 0. The maximum Gasteiger partial charge on any atom is 0.255 e. The Morgan fingerprint density at radius 1 is 1.05 bits per heavy atom. The van der Waals surface area contributed by atoms with Gasteiger partial charge in [0.1, 0.15) is 0 Å². The first-order valence-electron chi connectivity index (χ1n) is 6.15. The summed E-state index contributed by atoms with van der Waals surface area (Å²) in [6.07, 6.45) is 1.27. The molecule has 20 heavy (non-hydrogen) atoms. The Balaban J connectivity index is 1.95. The van der Waals surface area contributed by atoms with Crippen molar-refractivity contribution in [1.82, 2.24) is 4.98 Å². The predicted octanol–water partition coefficient (Wildman–Crippen LogP) is 3.63. The summed E-state index contributed by atoms with van der Waals surface area (Å²) in [5.41, 5.74) is 0.941. The van der Waals surface area contributed by atoms with Crippen LogP contribution in [0.1, 0.15) is 10.4 Å². The van der Waals surface area contributed by atoms with Crippen molar-refractivity contribution >= 4 is 22.4 Å². The van der Waals surface area contributed by atoms with E-state index in [1.165, 1.54) is 12.3 Å². The van der Waals surface area contributed by atoms with E-state index in [0.29, 0.717) is 5.69 Å². The van der Waals surface area contributed by atoms with Crippen LogP contribution in [0, 0.1) is 5.95 Å². The number of nitrogens with one attached hydrogen (secondary N) is 1. The smallest absolute Gasteiger partial charge is 0.255 e. The van der Waals surface area contributed by atoms with E-state index < -0.39 is 5.95 Å². The van der Waals surface area contributed by atoms with Crippen molar-refractivity contribution in [3.05, 3.63) is 72.3 Å². The van der Waals surface area contributed by atoms with Crippen LogP contribution in [0.25, 0.3) is 10.8 Å². The summed E-state index contributed by atoms with van der Waals surface area (Å²) in [5, 5.41) is 4.77. The Morgan fingerprint density at radius 2 is 1.85 bits per heavy atom. The molecule has 4 heteroatoms. The number of aromatic nitrogens is 1. The van der Waals surface area contributed by atoms with E-state index in [9.17, 15) is 9.18 Å². The highest BCUT2D eigenvalue weighted by Crippen LogP contribution is 2.23. The second-order valence-corrected chi connectivity index (χ2v) is 4.35. The molecule has 0 aliphatic rings. The number of hydrogen-bond acceptors (Lipinski definition) is 2. The fraction of sp³-hybridized carbons (Fsp3) is 0. The van der Waals surface area contributed by atoms with Crippen LogP contribution in [0.2, 0.25) is 0 Å². The molecule has 1 N–H and O–H groups in total. The maximum atomic E-state index is 13.0. The molecule has 0 aliphatic heterocycles. The van der Waals surface area contributed by atoms with Crippen LogP contribution in [-0.4, -0.2) is 10.9 Å². The van der Waals surface area contributed by atoms with Gasteiger partial charge in [-0.3, -0.25) is 4.79 Å². The number of hydrogen-bond donors (Lipinski definition) is 1. The Bertz CT molecular complexity index is 781. The number of rotatable bonds is 2. The van der Waals surface area contributed by atoms with Gasteiger partial charge in [0.25, 0.3) is 5.91 Å². The number of nitrogens with zero attached hydrogens (tertiary/aromatic N) is 1.